The number of nitrogens with one attached hydrogen (secondary N) is 1. The lowest BCUT2D eigenvalue weighted by Gasteiger charge is -2.24. The third-order valence-electron chi connectivity index (χ3n) is 6.28. The van der Waals surface area contributed by atoms with Crippen molar-refractivity contribution in [3.63, 3.8) is 0 Å². The minimum absolute atomic E-state index is 0.305. The van der Waals surface area contributed by atoms with E-state index >= 15 is 0 Å². The third kappa shape index (κ3) is 3.35. The zero-order valence-corrected chi connectivity index (χ0v) is 19.6. The van der Waals surface area contributed by atoms with E-state index in [9.17, 15) is 0 Å². The van der Waals surface area contributed by atoms with Crippen molar-refractivity contribution in [2.45, 2.75) is 33.0 Å². The van der Waals surface area contributed by atoms with Gasteiger partial charge >= 0.3 is 0 Å². The van der Waals surface area contributed by atoms with E-state index in [2.05, 4.69) is 5.32 Å². The molecule has 0 spiro atoms. The summed E-state index contributed by atoms with van der Waals surface area (Å²) in [5.41, 5.74) is 11.7. The molecule has 2 aliphatic heterocycles. The first-order chi connectivity index (χ1) is 16.5. The quantitative estimate of drug-likeness (QED) is 0.462. The Labute approximate surface area is 201 Å². The number of imidazole rings is 1. The Kier molecular flexibility index (Phi) is 4.88. The van der Waals surface area contributed by atoms with E-state index in [0.717, 1.165) is 40.0 Å². The van der Waals surface area contributed by atoms with Gasteiger partial charge in [0.05, 0.1) is 36.5 Å². The number of aliphatic imine (C=N–C) groups is 1. The standard InChI is InChI=1S/C24H24ClN7O2/c1-13-21(14(2)31(30-13)12-15-6-3-4-7-16(15)25)22-28-23(26)29-24-27-17-10-19-20(11-18(17)32(22)24)34-9-5-8-33-19/h3-4,6-7,10-11,22H,5,8-9,12H2,1-2H3,(H3,26,27,28,29). The first-order valence-corrected chi connectivity index (χ1v) is 11.6. The van der Waals surface area contributed by atoms with Crippen molar-refractivity contribution < 1.29 is 9.47 Å². The molecule has 2 aliphatic rings. The summed E-state index contributed by atoms with van der Waals surface area (Å²) in [7, 11) is 0. The average molecular weight is 478 g/mol. The van der Waals surface area contributed by atoms with E-state index < -0.39 is 6.17 Å². The summed E-state index contributed by atoms with van der Waals surface area (Å²) in [6.07, 6.45) is 0.414. The number of nitrogens with zero attached hydrogens (tertiary/aromatic N) is 5. The molecular formula is C24H24ClN7O2. The number of anilines is 1. The molecule has 174 valence electrons. The molecular weight excluding hydrogens is 454 g/mol. The molecule has 0 saturated heterocycles. The van der Waals surface area contributed by atoms with Gasteiger partial charge in [0.2, 0.25) is 5.95 Å². The SMILES string of the molecule is Cc1nn(Cc2ccccc2Cl)c(C)c1C1N=C(N)Nc2nc3cc4c(cc3n21)OCCCO4. The molecule has 1 atom stereocenters. The normalized spacial score (nSPS) is 17.1. The lowest BCUT2D eigenvalue weighted by Crippen LogP contribution is -2.31. The van der Waals surface area contributed by atoms with Crippen LogP contribution in [0.5, 0.6) is 11.5 Å². The maximum atomic E-state index is 6.41. The number of benzene rings is 2. The van der Waals surface area contributed by atoms with Crippen LogP contribution in [0.2, 0.25) is 5.02 Å². The highest BCUT2D eigenvalue weighted by atomic mass is 35.5. The van der Waals surface area contributed by atoms with Gasteiger partial charge in [-0.1, -0.05) is 29.8 Å². The van der Waals surface area contributed by atoms with E-state index in [0.29, 0.717) is 48.2 Å². The van der Waals surface area contributed by atoms with Crippen LogP contribution in [0.15, 0.2) is 41.4 Å². The van der Waals surface area contributed by atoms with Gasteiger partial charge in [-0.15, -0.1) is 0 Å². The number of hydrogen-bond acceptors (Lipinski definition) is 7. The highest BCUT2D eigenvalue weighted by Crippen LogP contribution is 2.40. The number of nitrogens with two attached hydrogens (primary N) is 1. The van der Waals surface area contributed by atoms with Crippen LogP contribution in [0.25, 0.3) is 11.0 Å². The molecule has 0 bridgehead atoms. The average Bonchev–Trinajstić information content (AvgIpc) is 3.18. The van der Waals surface area contributed by atoms with Gasteiger partial charge in [0, 0.05) is 34.8 Å². The molecule has 34 heavy (non-hydrogen) atoms. The van der Waals surface area contributed by atoms with Crippen molar-refractivity contribution in [1.82, 2.24) is 19.3 Å². The van der Waals surface area contributed by atoms with Crippen molar-refractivity contribution >= 4 is 34.5 Å². The number of aromatic nitrogens is 4. The second kappa shape index (κ2) is 7.95. The smallest absolute Gasteiger partial charge is 0.212 e. The van der Waals surface area contributed by atoms with E-state index in [1.807, 2.05) is 59.5 Å². The monoisotopic (exact) mass is 477 g/mol. The lowest BCUT2D eigenvalue weighted by atomic mass is 10.1. The molecule has 4 heterocycles. The Morgan fingerprint density at radius 3 is 2.71 bits per heavy atom. The van der Waals surface area contributed by atoms with Crippen LogP contribution in [0, 0.1) is 13.8 Å². The van der Waals surface area contributed by atoms with E-state index in [1.165, 1.54) is 0 Å². The Morgan fingerprint density at radius 2 is 1.91 bits per heavy atom. The molecule has 0 fully saturated rings. The molecule has 10 heteroatoms. The third-order valence-corrected chi connectivity index (χ3v) is 6.65. The minimum atomic E-state index is -0.425. The molecule has 0 saturated carbocycles. The van der Waals surface area contributed by atoms with Crippen LogP contribution in [-0.2, 0) is 6.54 Å². The predicted molar refractivity (Wildman–Crippen MR) is 131 cm³/mol. The second-order valence-electron chi connectivity index (χ2n) is 8.49. The summed E-state index contributed by atoms with van der Waals surface area (Å²) in [5, 5.41) is 8.63. The largest absolute Gasteiger partial charge is 0.489 e. The fourth-order valence-corrected chi connectivity index (χ4v) is 4.84. The predicted octanol–water partition coefficient (Wildman–Crippen LogP) is 4.00. The number of hydrogen-bond donors (Lipinski definition) is 2. The number of fused-ring (bicyclic) bond motifs is 4. The number of rotatable bonds is 3. The van der Waals surface area contributed by atoms with E-state index in [4.69, 9.17) is 41.9 Å². The summed E-state index contributed by atoms with van der Waals surface area (Å²) < 4.78 is 15.8. The van der Waals surface area contributed by atoms with Gasteiger partial charge < -0.3 is 15.2 Å². The fraction of sp³-hybridized carbons (Fsp3) is 0.292. The van der Waals surface area contributed by atoms with Crippen molar-refractivity contribution in [3.05, 3.63) is 63.9 Å². The summed E-state index contributed by atoms with van der Waals surface area (Å²) in [5.74, 6) is 2.33. The first kappa shape index (κ1) is 20.9. The summed E-state index contributed by atoms with van der Waals surface area (Å²) in [4.78, 5) is 9.54. The Morgan fingerprint density at radius 1 is 1.15 bits per heavy atom. The Bertz CT molecular complexity index is 1460. The Balaban J connectivity index is 1.48. The van der Waals surface area contributed by atoms with Gasteiger partial charge in [-0.25, -0.2) is 9.98 Å². The second-order valence-corrected chi connectivity index (χ2v) is 8.90. The Hall–Kier alpha value is -3.72. The number of halogens is 1. The molecule has 2 aromatic carbocycles. The molecule has 2 aromatic heterocycles. The number of aryl methyl sites for hydroxylation is 1. The molecule has 0 amide bonds. The van der Waals surface area contributed by atoms with Gasteiger partial charge in [0.25, 0.3) is 0 Å². The van der Waals surface area contributed by atoms with Crippen molar-refractivity contribution in [2.24, 2.45) is 10.7 Å². The van der Waals surface area contributed by atoms with Gasteiger partial charge in [-0.2, -0.15) is 5.10 Å². The van der Waals surface area contributed by atoms with Gasteiger partial charge in [-0.3, -0.25) is 14.6 Å². The van der Waals surface area contributed by atoms with Crippen LogP contribution < -0.4 is 20.5 Å². The molecule has 4 aromatic rings. The first-order valence-electron chi connectivity index (χ1n) is 11.2. The summed E-state index contributed by atoms with van der Waals surface area (Å²) in [6.45, 7) is 5.82. The number of guanidine groups is 1. The van der Waals surface area contributed by atoms with E-state index in [1.54, 1.807) is 0 Å². The van der Waals surface area contributed by atoms with Gasteiger partial charge in [0.1, 0.15) is 0 Å². The highest BCUT2D eigenvalue weighted by Gasteiger charge is 2.31. The van der Waals surface area contributed by atoms with Crippen molar-refractivity contribution in [1.29, 1.82) is 0 Å². The van der Waals surface area contributed by atoms with Crippen LogP contribution in [0.4, 0.5) is 5.95 Å². The van der Waals surface area contributed by atoms with Gasteiger partial charge in [-0.05, 0) is 25.5 Å². The zero-order chi connectivity index (χ0) is 23.4. The molecule has 3 N–H and O–H groups in total. The summed E-state index contributed by atoms with van der Waals surface area (Å²) >= 11 is 6.41. The highest BCUT2D eigenvalue weighted by molar-refractivity contribution is 6.31. The van der Waals surface area contributed by atoms with Crippen molar-refractivity contribution in [3.8, 4) is 11.5 Å². The zero-order valence-electron chi connectivity index (χ0n) is 18.9. The molecule has 1 unspecified atom stereocenters. The van der Waals surface area contributed by atoms with Crippen LogP contribution in [0.1, 0.15) is 35.1 Å². The lowest BCUT2D eigenvalue weighted by molar-refractivity contribution is 0.297. The van der Waals surface area contributed by atoms with Crippen LogP contribution in [0.3, 0.4) is 0 Å². The minimum Gasteiger partial charge on any atom is -0.489 e. The summed E-state index contributed by atoms with van der Waals surface area (Å²) in [6, 6.07) is 11.7. The molecule has 0 aliphatic carbocycles. The fourth-order valence-electron chi connectivity index (χ4n) is 4.64. The molecule has 0 radical (unpaired) electrons. The molecule has 9 nitrogen and oxygen atoms in total. The molecule has 6 rings (SSSR count). The van der Waals surface area contributed by atoms with Crippen molar-refractivity contribution in [2.75, 3.05) is 18.5 Å². The number of ether oxygens (including phenoxy) is 2. The maximum Gasteiger partial charge on any atom is 0.212 e. The van der Waals surface area contributed by atoms with Gasteiger partial charge in [0.15, 0.2) is 23.6 Å². The van der Waals surface area contributed by atoms with E-state index in [-0.39, 0.29) is 0 Å². The topological polar surface area (TPSA) is 105 Å². The maximum absolute atomic E-state index is 6.41. The van der Waals surface area contributed by atoms with Crippen LogP contribution in [-0.4, -0.2) is 38.5 Å². The van der Waals surface area contributed by atoms with Crippen LogP contribution >= 0.6 is 11.6 Å².